The van der Waals surface area contributed by atoms with Crippen LogP contribution in [0.3, 0.4) is 0 Å². The Morgan fingerprint density at radius 1 is 1.14 bits per heavy atom. The van der Waals surface area contributed by atoms with Gasteiger partial charge in [0.25, 0.3) is 0 Å². The van der Waals surface area contributed by atoms with Gasteiger partial charge in [0.1, 0.15) is 0 Å². The maximum Gasteiger partial charge on any atom is 0.231 e. The van der Waals surface area contributed by atoms with Crippen LogP contribution in [0.25, 0.3) is 0 Å². The molecule has 0 saturated carbocycles. The smallest absolute Gasteiger partial charge is 0.231 e. The molecule has 28 heavy (non-hydrogen) atoms. The number of thioether (sulfide) groups is 1. The molecule has 2 N–H and O–H groups in total. The van der Waals surface area contributed by atoms with Gasteiger partial charge in [-0.3, -0.25) is 9.59 Å². The van der Waals surface area contributed by atoms with Gasteiger partial charge in [-0.2, -0.15) is 11.8 Å². The highest BCUT2D eigenvalue weighted by Gasteiger charge is 2.24. The Hall–Kier alpha value is -2.31. The zero-order chi connectivity index (χ0) is 19.3. The molecule has 6 heteroatoms. The summed E-state index contributed by atoms with van der Waals surface area (Å²) in [4.78, 5) is 26.8. The van der Waals surface area contributed by atoms with E-state index in [9.17, 15) is 9.59 Å². The van der Waals surface area contributed by atoms with Gasteiger partial charge in [0.2, 0.25) is 11.8 Å². The highest BCUT2D eigenvalue weighted by atomic mass is 32.2. The van der Waals surface area contributed by atoms with Crippen molar-refractivity contribution < 1.29 is 9.59 Å². The van der Waals surface area contributed by atoms with Gasteiger partial charge in [-0.15, -0.1) is 0 Å². The van der Waals surface area contributed by atoms with Crippen LogP contribution in [-0.2, 0) is 22.4 Å². The van der Waals surface area contributed by atoms with Crippen LogP contribution in [0.15, 0.2) is 48.5 Å². The predicted octanol–water partition coefficient (Wildman–Crippen LogP) is 2.85. The fraction of sp³-hybridized carbons (Fsp3) is 0.364. The molecule has 0 radical (unpaired) electrons. The Morgan fingerprint density at radius 3 is 2.75 bits per heavy atom. The summed E-state index contributed by atoms with van der Waals surface area (Å²) in [5.74, 6) is 2.23. The minimum absolute atomic E-state index is 0.0255. The van der Waals surface area contributed by atoms with E-state index >= 15 is 0 Å². The second kappa shape index (κ2) is 8.80. The Kier molecular flexibility index (Phi) is 5.98. The Labute approximate surface area is 169 Å². The monoisotopic (exact) mass is 395 g/mol. The molecule has 4 rings (SSSR count). The third-order valence-electron chi connectivity index (χ3n) is 5.21. The number of rotatable bonds is 5. The quantitative estimate of drug-likeness (QED) is 0.817. The average molecular weight is 396 g/mol. The van der Waals surface area contributed by atoms with E-state index in [1.54, 1.807) is 0 Å². The number of para-hydroxylation sites is 1. The topological polar surface area (TPSA) is 61.4 Å². The summed E-state index contributed by atoms with van der Waals surface area (Å²) in [7, 11) is 0. The summed E-state index contributed by atoms with van der Waals surface area (Å²) in [5.41, 5.74) is 4.00. The van der Waals surface area contributed by atoms with E-state index < -0.39 is 0 Å². The van der Waals surface area contributed by atoms with Crippen molar-refractivity contribution in [3.05, 3.63) is 59.7 Å². The first-order valence-electron chi connectivity index (χ1n) is 9.77. The maximum absolute atomic E-state index is 12.7. The van der Waals surface area contributed by atoms with Crippen molar-refractivity contribution in [1.29, 1.82) is 0 Å². The van der Waals surface area contributed by atoms with Crippen molar-refractivity contribution in [3.8, 4) is 0 Å². The molecule has 1 atom stereocenters. The molecule has 0 aromatic heterocycles. The summed E-state index contributed by atoms with van der Waals surface area (Å²) < 4.78 is 0. The summed E-state index contributed by atoms with van der Waals surface area (Å²) in [5, 5.41) is 6.33. The van der Waals surface area contributed by atoms with Gasteiger partial charge in [0.15, 0.2) is 0 Å². The predicted molar refractivity (Wildman–Crippen MR) is 115 cm³/mol. The summed E-state index contributed by atoms with van der Waals surface area (Å²) in [6, 6.07) is 15.9. The number of carbonyl (C=O) groups is 2. The lowest BCUT2D eigenvalue weighted by Crippen LogP contribution is -2.39. The lowest BCUT2D eigenvalue weighted by Gasteiger charge is -2.22. The number of amides is 2. The molecular weight excluding hydrogens is 370 g/mol. The Bertz CT molecular complexity index is 847. The number of benzene rings is 2. The molecule has 1 unspecified atom stereocenters. The van der Waals surface area contributed by atoms with Crippen molar-refractivity contribution in [3.63, 3.8) is 0 Å². The molecule has 0 bridgehead atoms. The van der Waals surface area contributed by atoms with Gasteiger partial charge in [0.05, 0.1) is 6.42 Å². The minimum Gasteiger partial charge on any atom is -0.326 e. The van der Waals surface area contributed by atoms with Crippen molar-refractivity contribution >= 4 is 35.0 Å². The molecule has 2 aromatic carbocycles. The molecular formula is C22H25N3O2S. The van der Waals surface area contributed by atoms with E-state index in [2.05, 4.69) is 16.7 Å². The number of anilines is 2. The van der Waals surface area contributed by atoms with Gasteiger partial charge >= 0.3 is 0 Å². The molecule has 2 aliphatic rings. The molecule has 2 heterocycles. The standard InChI is InChI=1S/C22H25N3O2S/c26-21(14-19-15-28-12-10-23-19)24-18-7-5-16(6-8-18)13-22(27)25-11-9-17-3-1-2-4-20(17)25/h1-8,19,23H,9-15H2,(H,24,26). The number of hydrogen-bond donors (Lipinski definition) is 2. The third kappa shape index (κ3) is 4.56. The first-order valence-corrected chi connectivity index (χ1v) is 10.9. The van der Waals surface area contributed by atoms with Crippen LogP contribution >= 0.6 is 11.8 Å². The number of hydrogen-bond acceptors (Lipinski definition) is 4. The van der Waals surface area contributed by atoms with Gasteiger partial charge in [-0.1, -0.05) is 30.3 Å². The number of carbonyl (C=O) groups excluding carboxylic acids is 2. The molecule has 5 nitrogen and oxygen atoms in total. The lowest BCUT2D eigenvalue weighted by atomic mass is 10.1. The van der Waals surface area contributed by atoms with Crippen molar-refractivity contribution in [2.24, 2.45) is 0 Å². The van der Waals surface area contributed by atoms with E-state index in [1.807, 2.05) is 59.1 Å². The summed E-state index contributed by atoms with van der Waals surface area (Å²) in [6.07, 6.45) is 1.77. The summed E-state index contributed by atoms with van der Waals surface area (Å²) >= 11 is 1.89. The molecule has 2 aliphatic heterocycles. The second-order valence-corrected chi connectivity index (χ2v) is 8.43. The molecule has 2 aromatic rings. The first kappa shape index (κ1) is 19.0. The molecule has 146 valence electrons. The zero-order valence-electron chi connectivity index (χ0n) is 15.8. The average Bonchev–Trinajstić information content (AvgIpc) is 3.14. The SMILES string of the molecule is O=C(CC1CSCCN1)Nc1ccc(CC(=O)N2CCc3ccccc32)cc1. The largest absolute Gasteiger partial charge is 0.326 e. The molecule has 0 spiro atoms. The van der Waals surface area contributed by atoms with Gasteiger partial charge in [-0.25, -0.2) is 0 Å². The maximum atomic E-state index is 12.7. The van der Waals surface area contributed by atoms with Crippen LogP contribution in [0.4, 0.5) is 11.4 Å². The van der Waals surface area contributed by atoms with Crippen molar-refractivity contribution in [2.75, 3.05) is 34.8 Å². The van der Waals surface area contributed by atoms with Crippen LogP contribution in [-0.4, -0.2) is 42.5 Å². The third-order valence-corrected chi connectivity index (χ3v) is 6.34. The van der Waals surface area contributed by atoms with Gasteiger partial charge < -0.3 is 15.5 Å². The van der Waals surface area contributed by atoms with Gasteiger partial charge in [-0.05, 0) is 35.7 Å². The van der Waals surface area contributed by atoms with E-state index in [1.165, 1.54) is 5.56 Å². The second-order valence-electron chi connectivity index (χ2n) is 7.28. The highest BCUT2D eigenvalue weighted by Crippen LogP contribution is 2.28. The normalized spacial score (nSPS) is 18.6. The van der Waals surface area contributed by atoms with E-state index in [4.69, 9.17) is 0 Å². The number of nitrogens with one attached hydrogen (secondary N) is 2. The van der Waals surface area contributed by atoms with Crippen LogP contribution in [0.5, 0.6) is 0 Å². The van der Waals surface area contributed by atoms with E-state index in [0.717, 1.165) is 48.0 Å². The minimum atomic E-state index is 0.0255. The van der Waals surface area contributed by atoms with Crippen molar-refractivity contribution in [1.82, 2.24) is 5.32 Å². The first-order chi connectivity index (χ1) is 13.7. The molecule has 0 aliphatic carbocycles. The molecule has 1 saturated heterocycles. The lowest BCUT2D eigenvalue weighted by molar-refractivity contribution is -0.118. The van der Waals surface area contributed by atoms with E-state index in [-0.39, 0.29) is 17.9 Å². The summed E-state index contributed by atoms with van der Waals surface area (Å²) in [6.45, 7) is 1.71. The van der Waals surface area contributed by atoms with Crippen LogP contribution < -0.4 is 15.5 Å². The van der Waals surface area contributed by atoms with Crippen LogP contribution in [0, 0.1) is 0 Å². The number of fused-ring (bicyclic) bond motifs is 1. The van der Waals surface area contributed by atoms with Crippen molar-refractivity contribution in [2.45, 2.75) is 25.3 Å². The fourth-order valence-corrected chi connectivity index (χ4v) is 4.71. The highest BCUT2D eigenvalue weighted by molar-refractivity contribution is 7.99. The fourth-order valence-electron chi connectivity index (χ4n) is 3.76. The van der Waals surface area contributed by atoms with E-state index in [0.29, 0.717) is 12.8 Å². The van der Waals surface area contributed by atoms with Crippen LogP contribution in [0.2, 0.25) is 0 Å². The van der Waals surface area contributed by atoms with Gasteiger partial charge in [0, 0.05) is 48.4 Å². The zero-order valence-corrected chi connectivity index (χ0v) is 16.6. The Morgan fingerprint density at radius 2 is 1.96 bits per heavy atom. The Balaban J connectivity index is 1.31. The number of nitrogens with zero attached hydrogens (tertiary/aromatic N) is 1. The molecule has 2 amide bonds. The van der Waals surface area contributed by atoms with Crippen LogP contribution in [0.1, 0.15) is 17.5 Å². The molecule has 1 fully saturated rings.